The van der Waals surface area contributed by atoms with Crippen LogP contribution in [0.15, 0.2) is 48.5 Å². The zero-order chi connectivity index (χ0) is 16.2. The van der Waals surface area contributed by atoms with Crippen molar-refractivity contribution in [2.45, 2.75) is 12.5 Å². The van der Waals surface area contributed by atoms with E-state index < -0.39 is 5.82 Å². The highest BCUT2D eigenvalue weighted by Gasteiger charge is 2.28. The van der Waals surface area contributed by atoms with E-state index in [1.807, 2.05) is 30.3 Å². The fourth-order valence-corrected chi connectivity index (χ4v) is 2.78. The molecule has 0 spiro atoms. The molecule has 1 saturated heterocycles. The zero-order valence-corrected chi connectivity index (χ0v) is 12.5. The lowest BCUT2D eigenvalue weighted by Crippen LogP contribution is -2.32. The summed E-state index contributed by atoms with van der Waals surface area (Å²) in [6.45, 7) is 1.08. The van der Waals surface area contributed by atoms with Crippen molar-refractivity contribution >= 4 is 17.9 Å². The Bertz CT molecular complexity index is 718. The van der Waals surface area contributed by atoms with Crippen molar-refractivity contribution in [1.29, 1.82) is 0 Å². The Hall–Kier alpha value is -2.69. The smallest absolute Gasteiger partial charge is 0.256 e. The Balaban J connectivity index is 1.69. The number of carbonyl (C=O) groups is 2. The lowest BCUT2D eigenvalue weighted by atomic mass is 10.1. The van der Waals surface area contributed by atoms with Crippen LogP contribution in [0.1, 0.15) is 27.1 Å². The number of hydrogen-bond acceptors (Lipinski definition) is 3. The molecule has 2 aromatic rings. The third kappa shape index (κ3) is 3.39. The van der Waals surface area contributed by atoms with Gasteiger partial charge in [-0.15, -0.1) is 0 Å². The number of hydrogen-bond donors (Lipinski definition) is 1. The van der Waals surface area contributed by atoms with Gasteiger partial charge in [0.15, 0.2) is 0 Å². The topological polar surface area (TPSA) is 49.4 Å². The lowest BCUT2D eigenvalue weighted by Gasteiger charge is -2.18. The number of nitrogens with one attached hydrogen (secondary N) is 1. The molecular formula is C18H17FN2O2. The van der Waals surface area contributed by atoms with E-state index in [1.54, 1.807) is 4.90 Å². The Morgan fingerprint density at radius 3 is 2.74 bits per heavy atom. The largest absolute Gasteiger partial charge is 0.380 e. The van der Waals surface area contributed by atoms with Gasteiger partial charge >= 0.3 is 0 Å². The van der Waals surface area contributed by atoms with Crippen LogP contribution in [0.25, 0.3) is 0 Å². The summed E-state index contributed by atoms with van der Waals surface area (Å²) in [6.07, 6.45) is 1.41. The SMILES string of the molecule is O=Cc1ccc(F)c(C(=O)N2CC[C@@H](Nc3ccccc3)C2)c1. The van der Waals surface area contributed by atoms with Crippen molar-refractivity contribution in [2.75, 3.05) is 18.4 Å². The molecule has 0 saturated carbocycles. The Morgan fingerprint density at radius 2 is 2.00 bits per heavy atom. The van der Waals surface area contributed by atoms with E-state index >= 15 is 0 Å². The molecule has 1 fully saturated rings. The molecule has 1 heterocycles. The van der Waals surface area contributed by atoms with Crippen LogP contribution in [-0.4, -0.2) is 36.2 Å². The summed E-state index contributed by atoms with van der Waals surface area (Å²) in [5.74, 6) is -0.969. The highest BCUT2D eigenvalue weighted by atomic mass is 19.1. The summed E-state index contributed by atoms with van der Waals surface area (Å²) < 4.78 is 13.9. The van der Waals surface area contributed by atoms with Crippen LogP contribution in [0, 0.1) is 5.82 Å². The van der Waals surface area contributed by atoms with Crippen molar-refractivity contribution in [1.82, 2.24) is 4.90 Å². The number of carbonyl (C=O) groups excluding carboxylic acids is 2. The second-order valence-corrected chi connectivity index (χ2v) is 5.60. The van der Waals surface area contributed by atoms with Crippen molar-refractivity contribution in [3.05, 3.63) is 65.5 Å². The minimum atomic E-state index is -0.597. The van der Waals surface area contributed by atoms with E-state index in [-0.39, 0.29) is 17.5 Å². The van der Waals surface area contributed by atoms with E-state index in [4.69, 9.17) is 0 Å². The molecular weight excluding hydrogens is 295 g/mol. The third-order valence-corrected chi connectivity index (χ3v) is 3.98. The summed E-state index contributed by atoms with van der Waals surface area (Å²) in [7, 11) is 0. The molecule has 0 radical (unpaired) electrons. The van der Waals surface area contributed by atoms with Gasteiger partial charge in [0.1, 0.15) is 12.1 Å². The van der Waals surface area contributed by atoms with E-state index in [2.05, 4.69) is 5.32 Å². The number of rotatable bonds is 4. The van der Waals surface area contributed by atoms with Gasteiger partial charge in [0.05, 0.1) is 5.56 Å². The molecule has 1 N–H and O–H groups in total. The van der Waals surface area contributed by atoms with Gasteiger partial charge in [-0.3, -0.25) is 9.59 Å². The number of halogens is 1. The summed E-state index contributed by atoms with van der Waals surface area (Å²) in [5.41, 5.74) is 1.25. The van der Waals surface area contributed by atoms with Crippen molar-refractivity contribution < 1.29 is 14.0 Å². The molecule has 4 nitrogen and oxygen atoms in total. The minimum Gasteiger partial charge on any atom is -0.380 e. The number of amides is 1. The summed E-state index contributed by atoms with van der Waals surface area (Å²) in [5, 5.41) is 3.37. The average Bonchev–Trinajstić information content (AvgIpc) is 3.04. The van der Waals surface area contributed by atoms with Crippen LogP contribution in [0.3, 0.4) is 0 Å². The lowest BCUT2D eigenvalue weighted by molar-refractivity contribution is 0.0787. The van der Waals surface area contributed by atoms with Crippen molar-refractivity contribution in [3.8, 4) is 0 Å². The van der Waals surface area contributed by atoms with Crippen molar-refractivity contribution in [2.24, 2.45) is 0 Å². The molecule has 0 unspecified atom stereocenters. The predicted octanol–water partition coefficient (Wildman–Crippen LogP) is 2.96. The van der Waals surface area contributed by atoms with Gasteiger partial charge in [0, 0.05) is 30.4 Å². The van der Waals surface area contributed by atoms with Crippen LogP contribution < -0.4 is 5.32 Å². The number of para-hydroxylation sites is 1. The highest BCUT2D eigenvalue weighted by Crippen LogP contribution is 2.19. The van der Waals surface area contributed by atoms with Gasteiger partial charge in [-0.05, 0) is 36.8 Å². The van der Waals surface area contributed by atoms with Gasteiger partial charge in [0.2, 0.25) is 0 Å². The minimum absolute atomic E-state index is 0.0463. The third-order valence-electron chi connectivity index (χ3n) is 3.98. The average molecular weight is 312 g/mol. The molecule has 5 heteroatoms. The van der Waals surface area contributed by atoms with Gasteiger partial charge < -0.3 is 10.2 Å². The maximum atomic E-state index is 13.9. The molecule has 0 bridgehead atoms. The Morgan fingerprint density at radius 1 is 1.22 bits per heavy atom. The molecule has 3 rings (SSSR count). The number of benzene rings is 2. The molecule has 1 aliphatic heterocycles. The van der Waals surface area contributed by atoms with Crippen LogP contribution in [0.5, 0.6) is 0 Å². The standard InChI is InChI=1S/C18H17FN2O2/c19-17-7-6-13(12-22)10-16(17)18(23)21-9-8-15(11-21)20-14-4-2-1-3-5-14/h1-7,10,12,15,20H,8-9,11H2/t15-/m1/s1. The molecule has 0 aromatic heterocycles. The monoisotopic (exact) mass is 312 g/mol. The number of nitrogens with zero attached hydrogens (tertiary/aromatic N) is 1. The first-order valence-electron chi connectivity index (χ1n) is 7.53. The normalized spacial score (nSPS) is 17.1. The molecule has 1 amide bonds. The fraction of sp³-hybridized carbons (Fsp3) is 0.222. The Kier molecular flexibility index (Phi) is 4.37. The number of anilines is 1. The maximum Gasteiger partial charge on any atom is 0.256 e. The second kappa shape index (κ2) is 6.60. The molecule has 0 aliphatic carbocycles. The highest BCUT2D eigenvalue weighted by molar-refractivity contribution is 5.96. The van der Waals surface area contributed by atoms with Crippen molar-refractivity contribution in [3.63, 3.8) is 0 Å². The Labute approximate surface area is 133 Å². The van der Waals surface area contributed by atoms with E-state index in [9.17, 15) is 14.0 Å². The molecule has 1 aliphatic rings. The summed E-state index contributed by atoms with van der Waals surface area (Å²) in [4.78, 5) is 24.9. The first kappa shape index (κ1) is 15.2. The second-order valence-electron chi connectivity index (χ2n) is 5.60. The fourth-order valence-electron chi connectivity index (χ4n) is 2.78. The zero-order valence-electron chi connectivity index (χ0n) is 12.5. The summed E-state index contributed by atoms with van der Waals surface area (Å²) in [6, 6.07) is 13.7. The van der Waals surface area contributed by atoms with E-state index in [0.29, 0.717) is 24.9 Å². The molecule has 2 aromatic carbocycles. The molecule has 1 atom stereocenters. The van der Waals surface area contributed by atoms with Gasteiger partial charge in [0.25, 0.3) is 5.91 Å². The number of likely N-dealkylation sites (tertiary alicyclic amines) is 1. The van der Waals surface area contributed by atoms with Crippen LogP contribution >= 0.6 is 0 Å². The maximum absolute atomic E-state index is 13.9. The number of aldehydes is 1. The van der Waals surface area contributed by atoms with E-state index in [0.717, 1.165) is 18.2 Å². The first-order valence-corrected chi connectivity index (χ1v) is 7.53. The first-order chi connectivity index (χ1) is 11.2. The van der Waals surface area contributed by atoms with Crippen LogP contribution in [-0.2, 0) is 0 Å². The predicted molar refractivity (Wildman–Crippen MR) is 86.2 cm³/mol. The van der Waals surface area contributed by atoms with Crippen LogP contribution in [0.2, 0.25) is 0 Å². The molecule has 23 heavy (non-hydrogen) atoms. The van der Waals surface area contributed by atoms with Crippen LogP contribution in [0.4, 0.5) is 10.1 Å². The van der Waals surface area contributed by atoms with Gasteiger partial charge in [-0.2, -0.15) is 0 Å². The van der Waals surface area contributed by atoms with E-state index in [1.165, 1.54) is 12.1 Å². The quantitative estimate of drug-likeness (QED) is 0.883. The summed E-state index contributed by atoms with van der Waals surface area (Å²) >= 11 is 0. The molecule has 118 valence electrons. The van der Waals surface area contributed by atoms with Gasteiger partial charge in [-0.25, -0.2) is 4.39 Å². The van der Waals surface area contributed by atoms with Gasteiger partial charge in [-0.1, -0.05) is 18.2 Å².